The number of hydrogen-bond acceptors (Lipinski definition) is 5. The molecule has 1 heterocycles. The predicted molar refractivity (Wildman–Crippen MR) is 111 cm³/mol. The first-order valence-corrected chi connectivity index (χ1v) is 9.47. The van der Waals surface area contributed by atoms with E-state index in [-0.39, 0.29) is 43.3 Å². The second kappa shape index (κ2) is 9.09. The number of nitriles is 1. The number of ether oxygens (including phenoxy) is 1. The highest BCUT2D eigenvalue weighted by atomic mass is 16.5. The number of nitrogens with one attached hydrogen (secondary N) is 1. The highest BCUT2D eigenvalue weighted by molar-refractivity contribution is 6.05. The zero-order chi connectivity index (χ0) is 21.7. The van der Waals surface area contributed by atoms with E-state index in [9.17, 15) is 14.4 Å². The summed E-state index contributed by atoms with van der Waals surface area (Å²) in [5.41, 5.74) is 1.67. The normalized spacial score (nSPS) is 15.3. The van der Waals surface area contributed by atoms with Crippen LogP contribution in [0.2, 0.25) is 0 Å². The number of rotatable bonds is 5. The Morgan fingerprint density at radius 3 is 2.63 bits per heavy atom. The topological polar surface area (TPSA) is 103 Å². The molecule has 1 unspecified atom stereocenters. The lowest BCUT2D eigenvalue weighted by atomic mass is 10.1. The van der Waals surface area contributed by atoms with Crippen LogP contribution in [0.25, 0.3) is 0 Å². The van der Waals surface area contributed by atoms with E-state index in [4.69, 9.17) is 10.00 Å². The molecule has 3 rings (SSSR count). The van der Waals surface area contributed by atoms with Crippen LogP contribution in [0.5, 0.6) is 5.75 Å². The molecule has 30 heavy (non-hydrogen) atoms. The van der Waals surface area contributed by atoms with E-state index >= 15 is 0 Å². The summed E-state index contributed by atoms with van der Waals surface area (Å²) in [4.78, 5) is 40.3. The number of para-hydroxylation sites is 2. The van der Waals surface area contributed by atoms with Crippen molar-refractivity contribution in [1.82, 2.24) is 4.90 Å². The van der Waals surface area contributed by atoms with E-state index in [1.54, 1.807) is 60.4 Å². The lowest BCUT2D eigenvalue weighted by Gasteiger charge is -2.29. The van der Waals surface area contributed by atoms with Gasteiger partial charge in [-0.05, 0) is 43.3 Å². The molecule has 0 radical (unpaired) electrons. The molecule has 0 aliphatic carbocycles. The largest absolute Gasteiger partial charge is 0.484 e. The Morgan fingerprint density at radius 1 is 1.23 bits per heavy atom. The van der Waals surface area contributed by atoms with Crippen molar-refractivity contribution in [3.63, 3.8) is 0 Å². The number of carbonyl (C=O) groups is 3. The monoisotopic (exact) mass is 406 g/mol. The minimum atomic E-state index is -0.363. The van der Waals surface area contributed by atoms with Gasteiger partial charge >= 0.3 is 0 Å². The fraction of sp³-hybridized carbons (Fsp3) is 0.273. The molecule has 1 N–H and O–H groups in total. The van der Waals surface area contributed by atoms with E-state index in [0.29, 0.717) is 22.7 Å². The molecule has 0 bridgehead atoms. The van der Waals surface area contributed by atoms with Crippen molar-refractivity contribution in [2.45, 2.75) is 19.4 Å². The first kappa shape index (κ1) is 20.9. The van der Waals surface area contributed by atoms with E-state index in [0.717, 1.165) is 0 Å². The fourth-order valence-corrected chi connectivity index (χ4v) is 3.22. The zero-order valence-corrected chi connectivity index (χ0v) is 16.8. The van der Waals surface area contributed by atoms with Gasteiger partial charge in [0.15, 0.2) is 6.61 Å². The predicted octanol–water partition coefficient (Wildman–Crippen LogP) is 2.16. The summed E-state index contributed by atoms with van der Waals surface area (Å²) in [5.74, 6) is -0.356. The van der Waals surface area contributed by atoms with Crippen LogP contribution in [0.1, 0.15) is 18.9 Å². The van der Waals surface area contributed by atoms with Crippen molar-refractivity contribution in [3.8, 4) is 11.8 Å². The Labute approximate surface area is 174 Å². The van der Waals surface area contributed by atoms with Crippen molar-refractivity contribution in [2.24, 2.45) is 0 Å². The van der Waals surface area contributed by atoms with Crippen LogP contribution in [-0.4, -0.2) is 48.9 Å². The molecule has 0 fully saturated rings. The highest BCUT2D eigenvalue weighted by Crippen LogP contribution is 2.31. The molecule has 2 aromatic carbocycles. The second-order valence-electron chi connectivity index (χ2n) is 7.06. The van der Waals surface area contributed by atoms with Gasteiger partial charge in [-0.15, -0.1) is 0 Å². The molecule has 2 aromatic rings. The Kier molecular flexibility index (Phi) is 6.32. The molecule has 0 spiro atoms. The summed E-state index contributed by atoms with van der Waals surface area (Å²) >= 11 is 0. The van der Waals surface area contributed by atoms with E-state index in [1.165, 1.54) is 11.9 Å². The fourth-order valence-electron chi connectivity index (χ4n) is 3.22. The third kappa shape index (κ3) is 4.75. The number of amides is 3. The lowest BCUT2D eigenvalue weighted by Crippen LogP contribution is -2.46. The van der Waals surface area contributed by atoms with Gasteiger partial charge in [0.2, 0.25) is 11.8 Å². The molecule has 0 saturated heterocycles. The summed E-state index contributed by atoms with van der Waals surface area (Å²) in [6, 6.07) is 15.2. The molecule has 1 atom stereocenters. The standard InChI is InChI=1S/C22H22N4O4/c1-15-11-20(27)24-18-5-3-4-6-19(18)26(15)21(28)13-25(2)22(29)14-30-17-9-7-16(12-23)8-10-17/h3-10,15H,11,13-14H2,1-2H3,(H,24,27). The van der Waals surface area contributed by atoms with Gasteiger partial charge in [-0.1, -0.05) is 12.1 Å². The van der Waals surface area contributed by atoms with Crippen LogP contribution in [0.15, 0.2) is 48.5 Å². The van der Waals surface area contributed by atoms with Crippen LogP contribution < -0.4 is 15.0 Å². The van der Waals surface area contributed by atoms with Crippen molar-refractivity contribution in [1.29, 1.82) is 5.26 Å². The Bertz CT molecular complexity index is 997. The maximum absolute atomic E-state index is 13.0. The molecule has 0 saturated carbocycles. The summed E-state index contributed by atoms with van der Waals surface area (Å²) in [7, 11) is 1.53. The number of fused-ring (bicyclic) bond motifs is 1. The summed E-state index contributed by atoms with van der Waals surface area (Å²) in [6.45, 7) is 1.42. The van der Waals surface area contributed by atoms with Crippen molar-refractivity contribution in [2.75, 3.05) is 30.4 Å². The number of likely N-dealkylation sites (N-methyl/N-ethyl adjacent to an activating group) is 1. The maximum atomic E-state index is 13.0. The molecule has 1 aliphatic heterocycles. The number of carbonyl (C=O) groups excluding carboxylic acids is 3. The van der Waals surface area contributed by atoms with Gasteiger partial charge in [-0.3, -0.25) is 14.4 Å². The van der Waals surface area contributed by atoms with Gasteiger partial charge in [-0.25, -0.2) is 0 Å². The van der Waals surface area contributed by atoms with Crippen molar-refractivity contribution < 1.29 is 19.1 Å². The molecule has 154 valence electrons. The summed E-state index contributed by atoms with van der Waals surface area (Å²) in [5, 5.41) is 11.6. The summed E-state index contributed by atoms with van der Waals surface area (Å²) < 4.78 is 5.45. The van der Waals surface area contributed by atoms with E-state index in [2.05, 4.69) is 5.32 Å². The molecule has 1 aliphatic rings. The molecule has 3 amide bonds. The lowest BCUT2D eigenvalue weighted by molar-refractivity contribution is -0.135. The SMILES string of the molecule is CC1CC(=O)Nc2ccccc2N1C(=O)CN(C)C(=O)COc1ccc(C#N)cc1. The third-order valence-corrected chi connectivity index (χ3v) is 4.77. The van der Waals surface area contributed by atoms with E-state index in [1.807, 2.05) is 6.07 Å². The van der Waals surface area contributed by atoms with Gasteiger partial charge in [0.05, 0.1) is 29.6 Å². The first-order valence-electron chi connectivity index (χ1n) is 9.47. The average Bonchev–Trinajstić information content (AvgIpc) is 2.86. The maximum Gasteiger partial charge on any atom is 0.260 e. The van der Waals surface area contributed by atoms with Crippen LogP contribution in [-0.2, 0) is 14.4 Å². The highest BCUT2D eigenvalue weighted by Gasteiger charge is 2.30. The number of nitrogens with zero attached hydrogens (tertiary/aromatic N) is 3. The van der Waals surface area contributed by atoms with Gasteiger partial charge in [0, 0.05) is 19.5 Å². The number of anilines is 2. The number of benzene rings is 2. The first-order chi connectivity index (χ1) is 14.4. The Balaban J connectivity index is 1.64. The quantitative estimate of drug-likeness (QED) is 0.820. The van der Waals surface area contributed by atoms with Crippen LogP contribution in [0.3, 0.4) is 0 Å². The van der Waals surface area contributed by atoms with Gasteiger partial charge in [0.25, 0.3) is 5.91 Å². The van der Waals surface area contributed by atoms with Crippen molar-refractivity contribution >= 4 is 29.1 Å². The summed E-state index contributed by atoms with van der Waals surface area (Å²) in [6.07, 6.45) is 0.167. The average molecular weight is 406 g/mol. The molecular weight excluding hydrogens is 384 g/mol. The minimum absolute atomic E-state index is 0.150. The third-order valence-electron chi connectivity index (χ3n) is 4.77. The van der Waals surface area contributed by atoms with Gasteiger partial charge in [0.1, 0.15) is 5.75 Å². The molecule has 8 nitrogen and oxygen atoms in total. The molecule has 0 aromatic heterocycles. The van der Waals surface area contributed by atoms with Gasteiger partial charge in [-0.2, -0.15) is 5.26 Å². The second-order valence-corrected chi connectivity index (χ2v) is 7.06. The van der Waals surface area contributed by atoms with Crippen molar-refractivity contribution in [3.05, 3.63) is 54.1 Å². The minimum Gasteiger partial charge on any atom is -0.484 e. The number of hydrogen-bond donors (Lipinski definition) is 1. The molecular formula is C22H22N4O4. The Hall–Kier alpha value is -3.86. The van der Waals surface area contributed by atoms with Crippen LogP contribution in [0.4, 0.5) is 11.4 Å². The van der Waals surface area contributed by atoms with Crippen LogP contribution in [0, 0.1) is 11.3 Å². The Morgan fingerprint density at radius 2 is 1.93 bits per heavy atom. The van der Waals surface area contributed by atoms with Gasteiger partial charge < -0.3 is 19.9 Å². The zero-order valence-electron chi connectivity index (χ0n) is 16.8. The van der Waals surface area contributed by atoms with E-state index < -0.39 is 0 Å². The molecule has 8 heteroatoms. The van der Waals surface area contributed by atoms with Crippen LogP contribution >= 0.6 is 0 Å². The smallest absolute Gasteiger partial charge is 0.260 e.